The fraction of sp³-hybridized carbons (Fsp3) is 0.552. The molecular weight excluding hydrogens is 628 g/mol. The third kappa shape index (κ3) is 12.6. The second kappa shape index (κ2) is 18.0. The Kier molecular flexibility index (Phi) is 15.2. The molecule has 0 spiro atoms. The number of aliphatic hydroxyl groups is 1. The van der Waals surface area contributed by atoms with E-state index in [0.717, 1.165) is 18.3 Å². The van der Waals surface area contributed by atoms with Crippen molar-refractivity contribution in [1.82, 2.24) is 20.9 Å². The Hall–Kier alpha value is -3.28. The number of rotatable bonds is 20. The number of nitrogens with one attached hydrogen (secondary N) is 3. The van der Waals surface area contributed by atoms with Crippen LogP contribution in [0.3, 0.4) is 0 Å². The lowest BCUT2D eigenvalue weighted by molar-refractivity contribution is -0.143. The molecule has 3 amide bonds. The summed E-state index contributed by atoms with van der Waals surface area (Å²) >= 11 is 1.14. The molecule has 250 valence electrons. The fourth-order valence-corrected chi connectivity index (χ4v) is 5.88. The second-order valence-electron chi connectivity index (χ2n) is 10.5. The van der Waals surface area contributed by atoms with E-state index in [1.54, 1.807) is 37.3 Å². The van der Waals surface area contributed by atoms with Crippen molar-refractivity contribution < 1.29 is 46.4 Å². The minimum Gasteiger partial charge on any atom is -0.382 e. The van der Waals surface area contributed by atoms with Crippen LogP contribution in [0, 0.1) is 6.92 Å². The largest absolute Gasteiger partial charge is 0.382 e. The van der Waals surface area contributed by atoms with E-state index >= 15 is 0 Å². The zero-order valence-electron chi connectivity index (χ0n) is 26.0. The van der Waals surface area contributed by atoms with Crippen molar-refractivity contribution in [1.29, 1.82) is 0 Å². The van der Waals surface area contributed by atoms with E-state index in [9.17, 15) is 32.7 Å². The standard InChI is InChI=1S/C29H42N4O10S2/c1-6-7-13-45(39,40)43-18-29(3,38)25(34)21(14-20-11-9-8-10-12-20)31-26(35)22(16-41-4)32-27(36)23(17-42-5)33-28(37)24-15-30-19(2)44-24/h8-12,15,21-23,38H,6-7,13-14,16-18H2,1-5H3,(H,31,35)(H,32,36)(H,33,37)/t21-,22+,23-,29?/m0/s1. The Labute approximate surface area is 267 Å². The molecule has 1 aromatic heterocycles. The van der Waals surface area contributed by atoms with Gasteiger partial charge in [-0.25, -0.2) is 4.98 Å². The number of thiazole rings is 1. The Morgan fingerprint density at radius 2 is 1.56 bits per heavy atom. The van der Waals surface area contributed by atoms with E-state index in [-0.39, 0.29) is 30.3 Å². The van der Waals surface area contributed by atoms with Gasteiger partial charge in [-0.2, -0.15) is 8.42 Å². The van der Waals surface area contributed by atoms with Crippen molar-refractivity contribution >= 4 is 45.0 Å². The number of hydrogen-bond acceptors (Lipinski definition) is 12. The minimum atomic E-state index is -4.00. The molecule has 0 aliphatic heterocycles. The van der Waals surface area contributed by atoms with Crippen LogP contribution >= 0.6 is 11.3 Å². The van der Waals surface area contributed by atoms with Crippen LogP contribution in [0.1, 0.15) is 46.9 Å². The number of unbranched alkanes of at least 4 members (excludes halogenated alkanes) is 1. The summed E-state index contributed by atoms with van der Waals surface area (Å²) in [7, 11) is -1.35. The number of benzene rings is 1. The van der Waals surface area contributed by atoms with Crippen LogP contribution in [-0.2, 0) is 44.6 Å². The molecule has 4 atom stereocenters. The molecule has 1 heterocycles. The first-order valence-electron chi connectivity index (χ1n) is 14.2. The molecule has 2 aromatic rings. The van der Waals surface area contributed by atoms with Crippen LogP contribution in [0.5, 0.6) is 0 Å². The number of Topliss-reactive ketones (excluding diaryl/α,β-unsaturated/α-hetero) is 1. The van der Waals surface area contributed by atoms with Gasteiger partial charge in [0.15, 0.2) is 5.78 Å². The molecule has 4 N–H and O–H groups in total. The van der Waals surface area contributed by atoms with Gasteiger partial charge in [-0.05, 0) is 32.3 Å². The number of carbonyl (C=O) groups is 4. The number of nitrogens with zero attached hydrogens (tertiary/aromatic N) is 1. The molecule has 14 nitrogen and oxygen atoms in total. The van der Waals surface area contributed by atoms with Gasteiger partial charge in [0, 0.05) is 14.2 Å². The van der Waals surface area contributed by atoms with E-state index in [2.05, 4.69) is 20.9 Å². The predicted octanol–water partition coefficient (Wildman–Crippen LogP) is 0.522. The van der Waals surface area contributed by atoms with Crippen molar-refractivity contribution in [2.24, 2.45) is 0 Å². The lowest BCUT2D eigenvalue weighted by Crippen LogP contribution is -2.60. The molecule has 0 aliphatic carbocycles. The minimum absolute atomic E-state index is 0.0611. The van der Waals surface area contributed by atoms with Gasteiger partial charge in [-0.1, -0.05) is 43.7 Å². The summed E-state index contributed by atoms with van der Waals surface area (Å²) in [5.41, 5.74) is -1.66. The molecule has 2 rings (SSSR count). The van der Waals surface area contributed by atoms with Gasteiger partial charge < -0.3 is 30.5 Å². The summed E-state index contributed by atoms with van der Waals surface area (Å²) in [6, 6.07) is 4.78. The first-order chi connectivity index (χ1) is 21.2. The van der Waals surface area contributed by atoms with Gasteiger partial charge in [0.05, 0.1) is 36.2 Å². The number of amides is 3. The van der Waals surface area contributed by atoms with Crippen LogP contribution in [0.4, 0.5) is 0 Å². The Morgan fingerprint density at radius 3 is 2.09 bits per heavy atom. The second-order valence-corrected chi connectivity index (χ2v) is 13.5. The number of ketones is 1. The molecule has 45 heavy (non-hydrogen) atoms. The van der Waals surface area contributed by atoms with E-state index in [1.165, 1.54) is 20.4 Å². The third-order valence-corrected chi connectivity index (χ3v) is 8.66. The Morgan fingerprint density at radius 1 is 0.978 bits per heavy atom. The number of aryl methyl sites for hydroxylation is 1. The molecule has 0 radical (unpaired) electrons. The molecule has 16 heteroatoms. The number of methoxy groups -OCH3 is 2. The van der Waals surface area contributed by atoms with Gasteiger partial charge in [0.2, 0.25) is 11.8 Å². The highest BCUT2D eigenvalue weighted by Crippen LogP contribution is 2.16. The number of aromatic nitrogens is 1. The molecule has 0 aliphatic rings. The highest BCUT2D eigenvalue weighted by Gasteiger charge is 2.39. The molecule has 1 unspecified atom stereocenters. The number of ether oxygens (including phenoxy) is 2. The highest BCUT2D eigenvalue weighted by molar-refractivity contribution is 7.86. The summed E-state index contributed by atoms with van der Waals surface area (Å²) < 4.78 is 39.6. The average Bonchev–Trinajstić information content (AvgIpc) is 3.44. The molecule has 0 saturated carbocycles. The van der Waals surface area contributed by atoms with Crippen molar-refractivity contribution in [2.45, 2.75) is 63.8 Å². The fourth-order valence-electron chi connectivity index (χ4n) is 4.03. The van der Waals surface area contributed by atoms with Crippen LogP contribution in [-0.4, -0.2) is 106 Å². The average molecular weight is 671 g/mol. The number of hydrogen-bond donors (Lipinski definition) is 4. The summed E-state index contributed by atoms with van der Waals surface area (Å²) in [6.45, 7) is 3.27. The van der Waals surface area contributed by atoms with E-state index in [0.29, 0.717) is 23.4 Å². The smallest absolute Gasteiger partial charge is 0.267 e. The van der Waals surface area contributed by atoms with Crippen molar-refractivity contribution in [3.63, 3.8) is 0 Å². The van der Waals surface area contributed by atoms with Gasteiger partial charge in [-0.15, -0.1) is 11.3 Å². The topological polar surface area (TPSA) is 199 Å². The maximum absolute atomic E-state index is 13.6. The Balaban J connectivity index is 2.24. The van der Waals surface area contributed by atoms with E-state index in [4.69, 9.17) is 13.7 Å². The van der Waals surface area contributed by atoms with Crippen LogP contribution in [0.15, 0.2) is 36.5 Å². The summed E-state index contributed by atoms with van der Waals surface area (Å²) in [4.78, 5) is 57.2. The molecule has 0 fully saturated rings. The van der Waals surface area contributed by atoms with Gasteiger partial charge >= 0.3 is 0 Å². The zero-order valence-corrected chi connectivity index (χ0v) is 27.7. The van der Waals surface area contributed by atoms with Gasteiger partial charge in [0.25, 0.3) is 16.0 Å². The maximum Gasteiger partial charge on any atom is 0.267 e. The first-order valence-corrected chi connectivity index (χ1v) is 16.6. The molecule has 1 aromatic carbocycles. The molecule has 0 bridgehead atoms. The maximum atomic E-state index is 13.6. The summed E-state index contributed by atoms with van der Waals surface area (Å²) in [5.74, 6) is -3.32. The lowest BCUT2D eigenvalue weighted by atomic mass is 9.91. The van der Waals surface area contributed by atoms with E-state index < -0.39 is 64.0 Å². The predicted molar refractivity (Wildman–Crippen MR) is 166 cm³/mol. The molecule has 0 saturated heterocycles. The lowest BCUT2D eigenvalue weighted by Gasteiger charge is -2.29. The number of carbonyl (C=O) groups excluding carboxylic acids is 4. The summed E-state index contributed by atoms with van der Waals surface area (Å²) in [6.07, 6.45) is 2.27. The van der Waals surface area contributed by atoms with Crippen LogP contribution in [0.2, 0.25) is 0 Å². The monoisotopic (exact) mass is 670 g/mol. The van der Waals surface area contributed by atoms with Crippen LogP contribution in [0.25, 0.3) is 0 Å². The Bertz CT molecular complexity index is 1380. The summed E-state index contributed by atoms with van der Waals surface area (Å²) in [5, 5.41) is 19.3. The normalized spacial score (nSPS) is 14.9. The van der Waals surface area contributed by atoms with Crippen molar-refractivity contribution in [2.75, 3.05) is 39.8 Å². The highest BCUT2D eigenvalue weighted by atomic mass is 32.2. The zero-order chi connectivity index (χ0) is 33.6. The van der Waals surface area contributed by atoms with Crippen LogP contribution < -0.4 is 16.0 Å². The van der Waals surface area contributed by atoms with Gasteiger partial charge in [0.1, 0.15) is 29.2 Å². The van der Waals surface area contributed by atoms with E-state index in [1.807, 2.05) is 6.92 Å². The SMILES string of the molecule is CCCCS(=O)(=O)OCC(C)(O)C(=O)[C@H](Cc1ccccc1)NC(=O)[C@@H](COC)NC(=O)[C@H](COC)NC(=O)c1cnc(C)s1. The van der Waals surface area contributed by atoms with Gasteiger partial charge in [-0.3, -0.25) is 23.4 Å². The molecular formula is C29H42N4O10S2. The third-order valence-electron chi connectivity index (χ3n) is 6.48. The van der Waals surface area contributed by atoms with Crippen molar-refractivity contribution in [3.8, 4) is 0 Å². The van der Waals surface area contributed by atoms with Crippen molar-refractivity contribution in [3.05, 3.63) is 52.0 Å². The first kappa shape index (κ1) is 37.9. The quantitative estimate of drug-likeness (QED) is 0.143.